The van der Waals surface area contributed by atoms with E-state index in [-0.39, 0.29) is 16.7 Å². The fourth-order valence-corrected chi connectivity index (χ4v) is 3.68. The standard InChI is InChI=1S/C27H24O9/c28-16-20-21(29)22(34-24(30)17-10-4-1-5-11-17)23(35-25(31)18-12-6-2-7-13-18)27(33-20)36-26(32)19-14-8-3-9-15-19/h1-15,20-23,27-29H,16H2/t20-,21-,22+,23+,27-/m1/s1. The summed E-state index contributed by atoms with van der Waals surface area (Å²) in [5, 5.41) is 20.6. The molecule has 1 heterocycles. The van der Waals surface area contributed by atoms with Gasteiger partial charge in [0.15, 0.2) is 6.10 Å². The SMILES string of the molecule is O=C(O[C@H]1O[C@H](CO)[C@@H](O)[C@H](OC(=O)c2ccccc2)[C@@H]1OC(=O)c1ccccc1)c1ccccc1. The van der Waals surface area contributed by atoms with Gasteiger partial charge >= 0.3 is 17.9 Å². The molecular weight excluding hydrogens is 468 g/mol. The fourth-order valence-electron chi connectivity index (χ4n) is 3.68. The molecule has 0 spiro atoms. The van der Waals surface area contributed by atoms with Gasteiger partial charge in [0.25, 0.3) is 0 Å². The molecule has 0 unspecified atom stereocenters. The van der Waals surface area contributed by atoms with E-state index < -0.39 is 55.2 Å². The zero-order chi connectivity index (χ0) is 25.5. The first-order valence-corrected chi connectivity index (χ1v) is 11.2. The summed E-state index contributed by atoms with van der Waals surface area (Å²) >= 11 is 0. The quantitative estimate of drug-likeness (QED) is 0.377. The topological polar surface area (TPSA) is 129 Å². The van der Waals surface area contributed by atoms with Crippen molar-refractivity contribution in [2.45, 2.75) is 30.7 Å². The normalized spacial score (nSPS) is 23.3. The Morgan fingerprint density at radius 2 is 1.03 bits per heavy atom. The Hall–Kier alpha value is -4.05. The summed E-state index contributed by atoms with van der Waals surface area (Å²) in [7, 11) is 0. The summed E-state index contributed by atoms with van der Waals surface area (Å²) < 4.78 is 22.2. The Bertz CT molecular complexity index is 1170. The van der Waals surface area contributed by atoms with Crippen LogP contribution in [0.4, 0.5) is 0 Å². The Morgan fingerprint density at radius 3 is 1.44 bits per heavy atom. The first kappa shape index (κ1) is 25.1. The van der Waals surface area contributed by atoms with Crippen molar-refractivity contribution >= 4 is 17.9 Å². The van der Waals surface area contributed by atoms with Crippen LogP contribution in [-0.4, -0.2) is 65.4 Å². The summed E-state index contributed by atoms with van der Waals surface area (Å²) in [5.41, 5.74) is 0.555. The van der Waals surface area contributed by atoms with Gasteiger partial charge in [0.1, 0.15) is 12.2 Å². The number of carbonyl (C=O) groups excluding carboxylic acids is 3. The maximum Gasteiger partial charge on any atom is 0.340 e. The molecule has 0 saturated carbocycles. The highest BCUT2D eigenvalue weighted by atomic mass is 16.7. The van der Waals surface area contributed by atoms with E-state index in [1.807, 2.05) is 0 Å². The van der Waals surface area contributed by atoms with E-state index in [1.165, 1.54) is 36.4 Å². The van der Waals surface area contributed by atoms with Gasteiger partial charge in [-0.3, -0.25) is 0 Å². The Kier molecular flexibility index (Phi) is 8.06. The van der Waals surface area contributed by atoms with Gasteiger partial charge in [0.2, 0.25) is 12.4 Å². The molecule has 0 radical (unpaired) electrons. The molecule has 186 valence electrons. The van der Waals surface area contributed by atoms with Crippen LogP contribution in [0.25, 0.3) is 0 Å². The lowest BCUT2D eigenvalue weighted by Gasteiger charge is -2.42. The summed E-state index contributed by atoms with van der Waals surface area (Å²) in [4.78, 5) is 38.5. The third kappa shape index (κ3) is 5.77. The first-order chi connectivity index (χ1) is 17.5. The molecule has 9 nitrogen and oxygen atoms in total. The number of hydrogen-bond donors (Lipinski definition) is 2. The zero-order valence-electron chi connectivity index (χ0n) is 19.0. The zero-order valence-corrected chi connectivity index (χ0v) is 19.0. The van der Waals surface area contributed by atoms with Crippen molar-refractivity contribution in [2.24, 2.45) is 0 Å². The maximum atomic E-state index is 12.9. The van der Waals surface area contributed by atoms with Crippen LogP contribution in [-0.2, 0) is 18.9 Å². The van der Waals surface area contributed by atoms with Crippen LogP contribution in [0.3, 0.4) is 0 Å². The molecule has 5 atom stereocenters. The van der Waals surface area contributed by atoms with Crippen LogP contribution in [0.2, 0.25) is 0 Å². The van der Waals surface area contributed by atoms with Crippen molar-refractivity contribution in [1.82, 2.24) is 0 Å². The second kappa shape index (κ2) is 11.6. The summed E-state index contributed by atoms with van der Waals surface area (Å²) in [6.45, 7) is -0.681. The monoisotopic (exact) mass is 492 g/mol. The van der Waals surface area contributed by atoms with Gasteiger partial charge < -0.3 is 29.2 Å². The van der Waals surface area contributed by atoms with Gasteiger partial charge in [-0.1, -0.05) is 54.6 Å². The van der Waals surface area contributed by atoms with Gasteiger partial charge in [-0.25, -0.2) is 14.4 Å². The molecule has 2 N–H and O–H groups in total. The molecule has 0 aromatic heterocycles. The number of hydrogen-bond acceptors (Lipinski definition) is 9. The smallest absolute Gasteiger partial charge is 0.340 e. The van der Waals surface area contributed by atoms with Crippen LogP contribution in [0.15, 0.2) is 91.0 Å². The van der Waals surface area contributed by atoms with Crippen LogP contribution < -0.4 is 0 Å². The molecule has 36 heavy (non-hydrogen) atoms. The number of benzene rings is 3. The molecule has 3 aromatic rings. The van der Waals surface area contributed by atoms with Crippen molar-refractivity contribution in [1.29, 1.82) is 0 Å². The number of rotatable bonds is 7. The van der Waals surface area contributed by atoms with E-state index in [1.54, 1.807) is 54.6 Å². The van der Waals surface area contributed by atoms with Gasteiger partial charge in [-0.15, -0.1) is 0 Å². The molecule has 0 bridgehead atoms. The average Bonchev–Trinajstić information content (AvgIpc) is 2.93. The second-order valence-corrected chi connectivity index (χ2v) is 7.96. The fraction of sp³-hybridized carbons (Fsp3) is 0.222. The Labute approximate surface area is 206 Å². The molecule has 3 aromatic carbocycles. The van der Waals surface area contributed by atoms with Crippen LogP contribution in [0, 0.1) is 0 Å². The van der Waals surface area contributed by atoms with E-state index in [0.29, 0.717) is 0 Å². The minimum atomic E-state index is -1.60. The molecule has 0 amide bonds. The predicted molar refractivity (Wildman–Crippen MR) is 125 cm³/mol. The van der Waals surface area contributed by atoms with Crippen molar-refractivity contribution in [3.05, 3.63) is 108 Å². The van der Waals surface area contributed by atoms with Gasteiger partial charge in [-0.2, -0.15) is 0 Å². The minimum absolute atomic E-state index is 0.178. The molecule has 1 saturated heterocycles. The molecule has 1 aliphatic heterocycles. The largest absolute Gasteiger partial charge is 0.452 e. The van der Waals surface area contributed by atoms with Gasteiger partial charge in [0.05, 0.1) is 23.3 Å². The maximum absolute atomic E-state index is 12.9. The average molecular weight is 492 g/mol. The van der Waals surface area contributed by atoms with E-state index in [9.17, 15) is 24.6 Å². The lowest BCUT2D eigenvalue weighted by Crippen LogP contribution is -2.62. The van der Waals surface area contributed by atoms with Gasteiger partial charge in [0, 0.05) is 0 Å². The highest BCUT2D eigenvalue weighted by molar-refractivity contribution is 5.91. The molecule has 1 fully saturated rings. The van der Waals surface area contributed by atoms with Crippen molar-refractivity contribution in [3.8, 4) is 0 Å². The highest BCUT2D eigenvalue weighted by Crippen LogP contribution is 2.29. The first-order valence-electron chi connectivity index (χ1n) is 11.2. The third-order valence-corrected chi connectivity index (χ3v) is 5.54. The van der Waals surface area contributed by atoms with Crippen LogP contribution in [0.5, 0.6) is 0 Å². The van der Waals surface area contributed by atoms with E-state index in [2.05, 4.69) is 0 Å². The minimum Gasteiger partial charge on any atom is -0.452 e. The number of ether oxygens (including phenoxy) is 4. The van der Waals surface area contributed by atoms with E-state index in [4.69, 9.17) is 18.9 Å². The molecule has 1 aliphatic rings. The predicted octanol–water partition coefficient (Wildman–Crippen LogP) is 2.37. The molecule has 4 rings (SSSR count). The Morgan fingerprint density at radius 1 is 0.639 bits per heavy atom. The number of carbonyl (C=O) groups is 3. The summed E-state index contributed by atoms with van der Waals surface area (Å²) in [5.74, 6) is -2.44. The number of aliphatic hydroxyl groups excluding tert-OH is 2. The second-order valence-electron chi connectivity index (χ2n) is 7.96. The van der Waals surface area contributed by atoms with Crippen LogP contribution >= 0.6 is 0 Å². The summed E-state index contributed by atoms with van der Waals surface area (Å²) in [6.07, 6.45) is -7.55. The summed E-state index contributed by atoms with van der Waals surface area (Å²) in [6, 6.07) is 24.0. The van der Waals surface area contributed by atoms with E-state index >= 15 is 0 Å². The number of esters is 3. The van der Waals surface area contributed by atoms with Gasteiger partial charge in [-0.05, 0) is 36.4 Å². The van der Waals surface area contributed by atoms with Crippen molar-refractivity contribution in [2.75, 3.05) is 6.61 Å². The third-order valence-electron chi connectivity index (χ3n) is 5.54. The van der Waals surface area contributed by atoms with Crippen LogP contribution in [0.1, 0.15) is 31.1 Å². The molecular formula is C27H24O9. The molecule has 0 aliphatic carbocycles. The Balaban J connectivity index is 1.65. The van der Waals surface area contributed by atoms with E-state index in [0.717, 1.165) is 0 Å². The lowest BCUT2D eigenvalue weighted by molar-refractivity contribution is -0.283. The number of aliphatic hydroxyl groups is 2. The highest BCUT2D eigenvalue weighted by Gasteiger charge is 2.51. The van der Waals surface area contributed by atoms with Crippen molar-refractivity contribution < 1.29 is 43.5 Å². The molecule has 9 heteroatoms. The lowest BCUT2D eigenvalue weighted by atomic mass is 9.98. The van der Waals surface area contributed by atoms with Crippen molar-refractivity contribution in [3.63, 3.8) is 0 Å².